The summed E-state index contributed by atoms with van der Waals surface area (Å²) in [6.45, 7) is 0.314. The van der Waals surface area contributed by atoms with E-state index in [-0.39, 0.29) is 30.5 Å². The van der Waals surface area contributed by atoms with E-state index in [2.05, 4.69) is 25.7 Å². The Bertz CT molecular complexity index is 520. The Balaban J connectivity index is 2.41. The molecule has 1 fully saturated rings. The number of halogens is 1. The fourth-order valence-corrected chi connectivity index (χ4v) is 2.34. The maximum Gasteiger partial charge on any atom is 0.358 e. The molecule has 19 heavy (non-hydrogen) atoms. The van der Waals surface area contributed by atoms with E-state index in [0.29, 0.717) is 16.7 Å². The Morgan fingerprint density at radius 3 is 3.00 bits per heavy atom. The molecule has 1 N–H and O–H groups in total. The van der Waals surface area contributed by atoms with Gasteiger partial charge in [0.1, 0.15) is 0 Å². The molecule has 1 aliphatic heterocycles. The van der Waals surface area contributed by atoms with Crippen LogP contribution in [0.1, 0.15) is 16.9 Å². The third kappa shape index (κ3) is 2.76. The van der Waals surface area contributed by atoms with Gasteiger partial charge in [0.25, 0.3) is 0 Å². The summed E-state index contributed by atoms with van der Waals surface area (Å²) in [6, 6.07) is 1.65. The molecule has 1 aromatic heterocycles. The molecule has 0 spiro atoms. The summed E-state index contributed by atoms with van der Waals surface area (Å²) < 4.78 is 5.32. The van der Waals surface area contributed by atoms with Crippen molar-refractivity contribution >= 4 is 33.5 Å². The molecule has 0 aliphatic carbocycles. The number of rotatable bonds is 3. The zero-order valence-corrected chi connectivity index (χ0v) is 11.9. The fraction of sp³-hybridized carbons (Fsp3) is 0.417. The third-order valence-corrected chi connectivity index (χ3v) is 3.40. The van der Waals surface area contributed by atoms with Crippen molar-refractivity contribution in [3.63, 3.8) is 0 Å². The topological polar surface area (TPSA) is 79.7 Å². The number of aliphatic hydroxyl groups excluding tert-OH is 1. The first-order valence-electron chi connectivity index (χ1n) is 5.72. The van der Waals surface area contributed by atoms with Crippen LogP contribution >= 0.6 is 15.9 Å². The van der Waals surface area contributed by atoms with Gasteiger partial charge in [-0.2, -0.15) is 0 Å². The number of pyridine rings is 1. The van der Waals surface area contributed by atoms with Gasteiger partial charge in [-0.1, -0.05) is 0 Å². The van der Waals surface area contributed by atoms with Gasteiger partial charge in [-0.15, -0.1) is 0 Å². The third-order valence-electron chi connectivity index (χ3n) is 2.97. The van der Waals surface area contributed by atoms with Crippen LogP contribution in [0.2, 0.25) is 0 Å². The zero-order valence-electron chi connectivity index (χ0n) is 10.3. The number of anilines is 1. The molecule has 1 aromatic rings. The monoisotopic (exact) mass is 328 g/mol. The molecular weight excluding hydrogens is 316 g/mol. The highest BCUT2D eigenvalue weighted by atomic mass is 79.9. The van der Waals surface area contributed by atoms with Gasteiger partial charge in [-0.05, 0) is 22.0 Å². The van der Waals surface area contributed by atoms with Crippen molar-refractivity contribution in [2.24, 2.45) is 5.92 Å². The number of hydrogen-bond donors (Lipinski definition) is 1. The van der Waals surface area contributed by atoms with E-state index in [1.165, 1.54) is 18.2 Å². The smallest absolute Gasteiger partial charge is 0.358 e. The Morgan fingerprint density at radius 2 is 2.42 bits per heavy atom. The second kappa shape index (κ2) is 5.66. The molecule has 1 amide bonds. The van der Waals surface area contributed by atoms with E-state index in [1.807, 2.05) is 0 Å². The second-order valence-electron chi connectivity index (χ2n) is 4.27. The molecule has 1 atom stereocenters. The van der Waals surface area contributed by atoms with Crippen molar-refractivity contribution in [3.05, 3.63) is 22.4 Å². The molecule has 0 bridgehead atoms. The quantitative estimate of drug-likeness (QED) is 0.836. The molecule has 6 nitrogen and oxygen atoms in total. The lowest BCUT2D eigenvalue weighted by Crippen LogP contribution is -2.27. The van der Waals surface area contributed by atoms with Gasteiger partial charge in [0.05, 0.1) is 12.8 Å². The predicted molar refractivity (Wildman–Crippen MR) is 70.8 cm³/mol. The first-order chi connectivity index (χ1) is 9.06. The minimum absolute atomic E-state index is 0.0583. The Hall–Kier alpha value is -1.47. The van der Waals surface area contributed by atoms with Crippen LogP contribution in [0.4, 0.5) is 5.69 Å². The Morgan fingerprint density at radius 1 is 1.68 bits per heavy atom. The van der Waals surface area contributed by atoms with E-state index in [1.54, 1.807) is 6.07 Å². The summed E-state index contributed by atoms with van der Waals surface area (Å²) in [5.41, 5.74) is 0.500. The Kier molecular flexibility index (Phi) is 4.16. The molecule has 2 rings (SSSR count). The van der Waals surface area contributed by atoms with Crippen LogP contribution in [-0.4, -0.2) is 42.2 Å². The van der Waals surface area contributed by atoms with Crippen molar-refractivity contribution in [2.45, 2.75) is 6.42 Å². The summed E-state index contributed by atoms with van der Waals surface area (Å²) in [7, 11) is 1.26. The molecule has 102 valence electrons. The number of carbonyl (C=O) groups is 2. The highest BCUT2D eigenvalue weighted by Crippen LogP contribution is 2.29. The van der Waals surface area contributed by atoms with Crippen molar-refractivity contribution in [3.8, 4) is 0 Å². The van der Waals surface area contributed by atoms with Gasteiger partial charge in [0.2, 0.25) is 5.91 Å². The summed E-state index contributed by atoms with van der Waals surface area (Å²) >= 11 is 3.26. The van der Waals surface area contributed by atoms with Crippen LogP contribution in [0.15, 0.2) is 16.7 Å². The second-order valence-corrected chi connectivity index (χ2v) is 5.19. The van der Waals surface area contributed by atoms with E-state index < -0.39 is 5.97 Å². The van der Waals surface area contributed by atoms with E-state index in [9.17, 15) is 9.59 Å². The molecule has 1 unspecified atom stereocenters. The largest absolute Gasteiger partial charge is 0.464 e. The lowest BCUT2D eigenvalue weighted by molar-refractivity contribution is -0.117. The first kappa shape index (κ1) is 14.0. The number of aromatic nitrogens is 1. The van der Waals surface area contributed by atoms with Gasteiger partial charge >= 0.3 is 5.97 Å². The minimum atomic E-state index is -0.595. The Labute approximate surface area is 118 Å². The van der Waals surface area contributed by atoms with Gasteiger partial charge in [0, 0.05) is 36.2 Å². The fourth-order valence-electron chi connectivity index (χ4n) is 2.02. The van der Waals surface area contributed by atoms with Crippen LogP contribution in [0, 0.1) is 5.92 Å². The van der Waals surface area contributed by atoms with Crippen LogP contribution in [0.3, 0.4) is 0 Å². The van der Waals surface area contributed by atoms with Crippen molar-refractivity contribution < 1.29 is 19.4 Å². The van der Waals surface area contributed by atoms with Gasteiger partial charge in [-0.3, -0.25) is 4.79 Å². The maximum atomic E-state index is 11.9. The SMILES string of the molecule is COC(=O)c1ncc(Br)cc1N1CC(CO)CC1=O. The molecule has 0 aromatic carbocycles. The van der Waals surface area contributed by atoms with Crippen LogP contribution < -0.4 is 4.90 Å². The standard InChI is InChI=1S/C12H13BrN2O4/c1-19-12(18)11-9(3-8(13)4-14-11)15-5-7(6-16)2-10(15)17/h3-4,7,16H,2,5-6H2,1H3. The summed E-state index contributed by atoms with van der Waals surface area (Å²) in [5, 5.41) is 9.13. The van der Waals surface area contributed by atoms with Gasteiger partial charge < -0.3 is 14.7 Å². The van der Waals surface area contributed by atoms with Crippen LogP contribution in [0.25, 0.3) is 0 Å². The van der Waals surface area contributed by atoms with Crippen molar-refractivity contribution in [2.75, 3.05) is 25.2 Å². The van der Waals surface area contributed by atoms with Crippen molar-refractivity contribution in [1.82, 2.24) is 4.98 Å². The molecule has 2 heterocycles. The number of methoxy groups -OCH3 is 1. The number of esters is 1. The highest BCUT2D eigenvalue weighted by molar-refractivity contribution is 9.10. The molecule has 7 heteroatoms. The molecule has 1 aliphatic rings. The van der Waals surface area contributed by atoms with Crippen LogP contribution in [0.5, 0.6) is 0 Å². The molecule has 0 radical (unpaired) electrons. The molecule has 1 saturated heterocycles. The average Bonchev–Trinajstić information content (AvgIpc) is 2.79. The van der Waals surface area contributed by atoms with E-state index >= 15 is 0 Å². The van der Waals surface area contributed by atoms with Gasteiger partial charge in [0.15, 0.2) is 5.69 Å². The van der Waals surface area contributed by atoms with Gasteiger partial charge in [-0.25, -0.2) is 9.78 Å². The van der Waals surface area contributed by atoms with E-state index in [4.69, 9.17) is 5.11 Å². The summed E-state index contributed by atoms with van der Waals surface area (Å²) in [4.78, 5) is 29.1. The predicted octanol–water partition coefficient (Wildman–Crippen LogP) is 0.976. The maximum absolute atomic E-state index is 11.9. The highest BCUT2D eigenvalue weighted by Gasteiger charge is 2.33. The number of aliphatic hydroxyl groups is 1. The average molecular weight is 329 g/mol. The number of amides is 1. The number of hydrogen-bond acceptors (Lipinski definition) is 5. The first-order valence-corrected chi connectivity index (χ1v) is 6.51. The zero-order chi connectivity index (χ0) is 14.0. The number of nitrogens with zero attached hydrogens (tertiary/aromatic N) is 2. The van der Waals surface area contributed by atoms with Crippen LogP contribution in [-0.2, 0) is 9.53 Å². The number of carbonyl (C=O) groups excluding carboxylic acids is 2. The summed E-state index contributed by atoms with van der Waals surface area (Å²) in [5.74, 6) is -0.844. The number of ether oxygens (including phenoxy) is 1. The molecular formula is C12H13BrN2O4. The summed E-state index contributed by atoms with van der Waals surface area (Å²) in [6.07, 6.45) is 1.74. The molecule has 0 saturated carbocycles. The minimum Gasteiger partial charge on any atom is -0.464 e. The van der Waals surface area contributed by atoms with Crippen molar-refractivity contribution in [1.29, 1.82) is 0 Å². The lowest BCUT2D eigenvalue weighted by atomic mass is 10.1. The lowest BCUT2D eigenvalue weighted by Gasteiger charge is -2.18. The normalized spacial score (nSPS) is 18.8. The van der Waals surface area contributed by atoms with E-state index in [0.717, 1.165) is 0 Å².